The number of carbonyl (C=O) groups is 1. The number of carbonyl (C=O) groups excluding carboxylic acids is 1. The van der Waals surface area contributed by atoms with Crippen molar-refractivity contribution in [1.29, 1.82) is 0 Å². The van der Waals surface area contributed by atoms with Crippen LogP contribution in [-0.4, -0.2) is 26.3 Å². The average molecular weight is 367 g/mol. The van der Waals surface area contributed by atoms with E-state index in [9.17, 15) is 18.0 Å². The number of amides is 2. The largest absolute Gasteiger partial charge is 0.416 e. The Kier molecular flexibility index (Phi) is 6.85. The third kappa shape index (κ3) is 6.29. The van der Waals surface area contributed by atoms with Gasteiger partial charge in [-0.1, -0.05) is 12.1 Å². The monoisotopic (exact) mass is 367 g/mol. The van der Waals surface area contributed by atoms with E-state index in [2.05, 4.69) is 16.0 Å². The summed E-state index contributed by atoms with van der Waals surface area (Å²) in [5.74, 6) is 0. The second-order valence-corrected chi connectivity index (χ2v) is 5.50. The highest BCUT2D eigenvalue weighted by Crippen LogP contribution is 2.29. The van der Waals surface area contributed by atoms with Gasteiger partial charge in [-0.2, -0.15) is 13.2 Å². The minimum atomic E-state index is -4.40. The van der Waals surface area contributed by atoms with Crippen molar-refractivity contribution in [3.63, 3.8) is 0 Å². The zero-order valence-corrected chi connectivity index (χ0v) is 14.2. The molecule has 0 radical (unpaired) electrons. The van der Waals surface area contributed by atoms with Crippen molar-refractivity contribution in [3.8, 4) is 0 Å². The Balaban J connectivity index is 1.79. The number of hydrogen-bond acceptors (Lipinski definition) is 3. The molecule has 140 valence electrons. The topological polar surface area (TPSA) is 62.4 Å². The van der Waals surface area contributed by atoms with Crippen molar-refractivity contribution in [2.75, 3.05) is 30.9 Å². The number of methoxy groups -OCH3 is 1. The Bertz CT molecular complexity index is 701. The summed E-state index contributed by atoms with van der Waals surface area (Å²) in [5, 5.41) is 8.32. The lowest BCUT2D eigenvalue weighted by molar-refractivity contribution is -0.137. The van der Waals surface area contributed by atoms with Gasteiger partial charge in [0.15, 0.2) is 0 Å². The first-order chi connectivity index (χ1) is 12.4. The van der Waals surface area contributed by atoms with Gasteiger partial charge in [0.2, 0.25) is 0 Å². The Morgan fingerprint density at radius 2 is 1.62 bits per heavy atom. The SMILES string of the molecule is COCCNc1ccc(CNC(=O)Nc2ccc(C(F)(F)F)cc2)cc1. The van der Waals surface area contributed by atoms with Crippen LogP contribution in [0.1, 0.15) is 11.1 Å². The molecule has 0 heterocycles. The van der Waals surface area contributed by atoms with Crippen molar-refractivity contribution in [2.45, 2.75) is 12.7 Å². The maximum Gasteiger partial charge on any atom is 0.416 e. The normalized spacial score (nSPS) is 11.1. The van der Waals surface area contributed by atoms with E-state index in [4.69, 9.17) is 4.74 Å². The Morgan fingerprint density at radius 3 is 2.19 bits per heavy atom. The summed E-state index contributed by atoms with van der Waals surface area (Å²) in [6, 6.07) is 11.3. The fraction of sp³-hybridized carbons (Fsp3) is 0.278. The van der Waals surface area contributed by atoms with Crippen LogP contribution in [0.4, 0.5) is 29.3 Å². The van der Waals surface area contributed by atoms with Gasteiger partial charge >= 0.3 is 12.2 Å². The number of alkyl halides is 3. The predicted molar refractivity (Wildman–Crippen MR) is 94.1 cm³/mol. The quantitative estimate of drug-likeness (QED) is 0.646. The molecule has 0 bridgehead atoms. The van der Waals surface area contributed by atoms with Crippen molar-refractivity contribution in [2.24, 2.45) is 0 Å². The van der Waals surface area contributed by atoms with Crippen molar-refractivity contribution >= 4 is 17.4 Å². The lowest BCUT2D eigenvalue weighted by atomic mass is 10.2. The highest BCUT2D eigenvalue weighted by Gasteiger charge is 2.29. The Labute approximate surface area is 149 Å². The minimum absolute atomic E-state index is 0.285. The molecule has 3 N–H and O–H groups in total. The first-order valence-corrected chi connectivity index (χ1v) is 7.92. The van der Waals surface area contributed by atoms with Gasteiger partial charge in [-0.05, 0) is 42.0 Å². The fourth-order valence-electron chi connectivity index (χ4n) is 2.14. The third-order valence-electron chi connectivity index (χ3n) is 3.51. The molecule has 0 spiro atoms. The van der Waals surface area contributed by atoms with Crippen LogP contribution in [0.5, 0.6) is 0 Å². The lowest BCUT2D eigenvalue weighted by Crippen LogP contribution is -2.28. The molecule has 0 atom stereocenters. The molecule has 0 fully saturated rings. The standard InChI is InChI=1S/C18H20F3N3O2/c1-26-11-10-22-15-6-2-13(3-7-15)12-23-17(25)24-16-8-4-14(5-9-16)18(19,20)21/h2-9,22H,10-12H2,1H3,(H2,23,24,25). The van der Waals surface area contributed by atoms with E-state index in [-0.39, 0.29) is 5.69 Å². The summed E-state index contributed by atoms with van der Waals surface area (Å²) in [7, 11) is 1.63. The van der Waals surface area contributed by atoms with Gasteiger partial charge in [-0.25, -0.2) is 4.79 Å². The maximum atomic E-state index is 12.5. The van der Waals surface area contributed by atoms with Gasteiger partial charge in [0.25, 0.3) is 0 Å². The summed E-state index contributed by atoms with van der Waals surface area (Å²) in [6.45, 7) is 1.60. The first-order valence-electron chi connectivity index (χ1n) is 7.92. The zero-order valence-electron chi connectivity index (χ0n) is 14.2. The number of rotatable bonds is 7. The molecule has 0 aliphatic heterocycles. The van der Waals surface area contributed by atoms with Gasteiger partial charge in [-0.15, -0.1) is 0 Å². The minimum Gasteiger partial charge on any atom is -0.383 e. The van der Waals surface area contributed by atoms with Gasteiger partial charge < -0.3 is 20.7 Å². The summed E-state index contributed by atoms with van der Waals surface area (Å²) in [5.41, 5.74) is 1.36. The van der Waals surface area contributed by atoms with Crippen LogP contribution in [0.15, 0.2) is 48.5 Å². The molecule has 0 aliphatic rings. The predicted octanol–water partition coefficient (Wildman–Crippen LogP) is 4.09. The Morgan fingerprint density at radius 1 is 1.00 bits per heavy atom. The molecule has 0 aliphatic carbocycles. The smallest absolute Gasteiger partial charge is 0.383 e. The van der Waals surface area contributed by atoms with E-state index in [0.29, 0.717) is 19.7 Å². The van der Waals surface area contributed by atoms with Crippen LogP contribution in [-0.2, 0) is 17.5 Å². The molecule has 2 rings (SSSR count). The fourth-order valence-corrected chi connectivity index (χ4v) is 2.14. The van der Waals surface area contributed by atoms with E-state index >= 15 is 0 Å². The summed E-state index contributed by atoms with van der Waals surface area (Å²) in [4.78, 5) is 11.8. The van der Waals surface area contributed by atoms with Crippen LogP contribution in [0.2, 0.25) is 0 Å². The summed E-state index contributed by atoms with van der Waals surface area (Å²) >= 11 is 0. The Hall–Kier alpha value is -2.74. The van der Waals surface area contributed by atoms with Crippen LogP contribution >= 0.6 is 0 Å². The van der Waals surface area contributed by atoms with Crippen molar-refractivity contribution in [1.82, 2.24) is 5.32 Å². The molecular formula is C18H20F3N3O2. The highest BCUT2D eigenvalue weighted by molar-refractivity contribution is 5.89. The zero-order chi connectivity index (χ0) is 19.0. The molecule has 2 aromatic carbocycles. The molecule has 8 heteroatoms. The number of hydrogen-bond donors (Lipinski definition) is 3. The average Bonchev–Trinajstić information content (AvgIpc) is 2.61. The van der Waals surface area contributed by atoms with E-state index in [1.165, 1.54) is 12.1 Å². The molecule has 0 saturated carbocycles. The second kappa shape index (κ2) is 9.10. The van der Waals surface area contributed by atoms with Gasteiger partial charge in [0.05, 0.1) is 12.2 Å². The van der Waals surface area contributed by atoms with E-state index in [0.717, 1.165) is 23.4 Å². The van der Waals surface area contributed by atoms with Crippen LogP contribution < -0.4 is 16.0 Å². The maximum absolute atomic E-state index is 12.5. The van der Waals surface area contributed by atoms with E-state index in [1.807, 2.05) is 24.3 Å². The van der Waals surface area contributed by atoms with E-state index < -0.39 is 17.8 Å². The molecule has 2 amide bonds. The molecule has 0 saturated heterocycles. The molecule has 26 heavy (non-hydrogen) atoms. The number of anilines is 2. The molecule has 0 aromatic heterocycles. The van der Waals surface area contributed by atoms with E-state index in [1.54, 1.807) is 7.11 Å². The number of ether oxygens (including phenoxy) is 1. The molecular weight excluding hydrogens is 347 g/mol. The number of urea groups is 1. The lowest BCUT2D eigenvalue weighted by Gasteiger charge is -2.10. The number of benzene rings is 2. The number of nitrogens with one attached hydrogen (secondary N) is 3. The summed E-state index contributed by atoms with van der Waals surface area (Å²) in [6.07, 6.45) is -4.40. The van der Waals surface area contributed by atoms with Gasteiger partial charge in [-0.3, -0.25) is 0 Å². The molecule has 5 nitrogen and oxygen atoms in total. The third-order valence-corrected chi connectivity index (χ3v) is 3.51. The van der Waals surface area contributed by atoms with Crippen molar-refractivity contribution < 1.29 is 22.7 Å². The highest BCUT2D eigenvalue weighted by atomic mass is 19.4. The van der Waals surface area contributed by atoms with Gasteiger partial charge in [0, 0.05) is 31.6 Å². The number of halogens is 3. The second-order valence-electron chi connectivity index (χ2n) is 5.50. The molecule has 2 aromatic rings. The van der Waals surface area contributed by atoms with Crippen LogP contribution in [0.3, 0.4) is 0 Å². The van der Waals surface area contributed by atoms with Crippen molar-refractivity contribution in [3.05, 3.63) is 59.7 Å². The molecule has 0 unspecified atom stereocenters. The first kappa shape index (κ1) is 19.6. The van der Waals surface area contributed by atoms with Crippen LogP contribution in [0, 0.1) is 0 Å². The summed E-state index contributed by atoms with van der Waals surface area (Å²) < 4.78 is 42.4. The van der Waals surface area contributed by atoms with Crippen LogP contribution in [0.25, 0.3) is 0 Å². The van der Waals surface area contributed by atoms with Gasteiger partial charge in [0.1, 0.15) is 0 Å².